The number of allylic oxidation sites excluding steroid dienone is 1. The Labute approximate surface area is 149 Å². The van der Waals surface area contributed by atoms with Gasteiger partial charge in [0, 0.05) is 12.3 Å². The van der Waals surface area contributed by atoms with Crippen LogP contribution in [0.25, 0.3) is 0 Å². The summed E-state index contributed by atoms with van der Waals surface area (Å²) in [5.41, 5.74) is 0.791. The number of carbonyl (C=O) groups excluding carboxylic acids is 2. The van der Waals surface area contributed by atoms with E-state index in [1.54, 1.807) is 6.92 Å². The van der Waals surface area contributed by atoms with Gasteiger partial charge in [-0.15, -0.1) is 0 Å². The lowest BCUT2D eigenvalue weighted by Crippen LogP contribution is -2.57. The van der Waals surface area contributed by atoms with E-state index < -0.39 is 12.2 Å². The average Bonchev–Trinajstić information content (AvgIpc) is 2.77. The minimum Gasteiger partial charge on any atom is -0.393 e. The third-order valence-corrected chi connectivity index (χ3v) is 8.36. The summed E-state index contributed by atoms with van der Waals surface area (Å²) in [5.74, 6) is 0.647. The van der Waals surface area contributed by atoms with Crippen LogP contribution in [0.4, 0.5) is 0 Å². The predicted octanol–water partition coefficient (Wildman–Crippen LogP) is 2.67. The first-order valence-electron chi connectivity index (χ1n) is 9.79. The highest BCUT2D eigenvalue weighted by molar-refractivity contribution is 5.91. The number of fused-ring (bicyclic) bond motifs is 5. The lowest BCUT2D eigenvalue weighted by molar-refractivity contribution is -0.145. The molecule has 4 nitrogen and oxygen atoms in total. The number of ketones is 2. The van der Waals surface area contributed by atoms with Crippen LogP contribution in [0.3, 0.4) is 0 Å². The van der Waals surface area contributed by atoms with E-state index in [1.807, 2.05) is 6.08 Å². The number of Topliss-reactive ketones (excluding diaryl/α,β-unsaturated/α-hetero) is 1. The van der Waals surface area contributed by atoms with E-state index in [4.69, 9.17) is 0 Å². The summed E-state index contributed by atoms with van der Waals surface area (Å²) < 4.78 is 0. The minimum atomic E-state index is -0.587. The van der Waals surface area contributed by atoms with Crippen molar-refractivity contribution in [2.24, 2.45) is 34.5 Å². The molecular formula is C21H30O4. The molecule has 4 aliphatic carbocycles. The molecule has 4 aliphatic rings. The summed E-state index contributed by atoms with van der Waals surface area (Å²) in [6.07, 6.45) is 5.27. The molecule has 0 spiro atoms. The van der Waals surface area contributed by atoms with Gasteiger partial charge in [0.05, 0.1) is 12.2 Å². The highest BCUT2D eigenvalue weighted by atomic mass is 16.3. The van der Waals surface area contributed by atoms with Gasteiger partial charge in [0.25, 0.3) is 0 Å². The molecule has 25 heavy (non-hydrogen) atoms. The zero-order chi connectivity index (χ0) is 18.1. The zero-order valence-corrected chi connectivity index (χ0v) is 15.5. The quantitative estimate of drug-likeness (QED) is 0.765. The maximum absolute atomic E-state index is 12.2. The molecule has 3 fully saturated rings. The number of carbonyl (C=O) groups is 2. The maximum atomic E-state index is 12.2. The molecule has 0 saturated heterocycles. The number of rotatable bonds is 1. The Morgan fingerprint density at radius 1 is 1.20 bits per heavy atom. The average molecular weight is 346 g/mol. The summed E-state index contributed by atoms with van der Waals surface area (Å²) in [6.45, 7) is 5.91. The van der Waals surface area contributed by atoms with Gasteiger partial charge in [-0.05, 0) is 73.7 Å². The Morgan fingerprint density at radius 3 is 2.60 bits per heavy atom. The van der Waals surface area contributed by atoms with Crippen LogP contribution in [0.1, 0.15) is 59.3 Å². The van der Waals surface area contributed by atoms with Gasteiger partial charge < -0.3 is 10.2 Å². The lowest BCUT2D eigenvalue weighted by atomic mass is 9.46. The first kappa shape index (κ1) is 17.4. The standard InChI is InChI=1S/C21H30O4/c1-11(22)18-16(24)9-15-14-5-4-12-8-13(23)6-7-20(12,2)19(14)17(25)10-21(15,18)3/h8,14-19,24-25H,4-7,9-10H2,1-3H3/t14-,15-,16?,17?,18-,19+,20-,21-/m0/s1. The maximum Gasteiger partial charge on any atom is 0.155 e. The second-order valence-corrected chi connectivity index (χ2v) is 9.56. The van der Waals surface area contributed by atoms with Crippen molar-refractivity contribution in [3.8, 4) is 0 Å². The van der Waals surface area contributed by atoms with Crippen LogP contribution in [0.2, 0.25) is 0 Å². The number of hydrogen-bond acceptors (Lipinski definition) is 4. The van der Waals surface area contributed by atoms with E-state index in [-0.39, 0.29) is 40.2 Å². The fourth-order valence-electron chi connectivity index (χ4n) is 7.44. The van der Waals surface area contributed by atoms with Gasteiger partial charge in [0.15, 0.2) is 5.78 Å². The van der Waals surface area contributed by atoms with Crippen LogP contribution < -0.4 is 0 Å². The van der Waals surface area contributed by atoms with E-state index in [0.717, 1.165) is 19.3 Å². The van der Waals surface area contributed by atoms with Crippen molar-refractivity contribution in [3.63, 3.8) is 0 Å². The smallest absolute Gasteiger partial charge is 0.155 e. The fourth-order valence-corrected chi connectivity index (χ4v) is 7.44. The predicted molar refractivity (Wildman–Crippen MR) is 93.7 cm³/mol. The highest BCUT2D eigenvalue weighted by Crippen LogP contribution is 2.66. The normalized spacial score (nSPS) is 52.0. The van der Waals surface area contributed by atoms with E-state index >= 15 is 0 Å². The second-order valence-electron chi connectivity index (χ2n) is 9.56. The van der Waals surface area contributed by atoms with Crippen molar-refractivity contribution in [2.75, 3.05) is 0 Å². The highest BCUT2D eigenvalue weighted by Gasteiger charge is 2.64. The molecule has 3 saturated carbocycles. The van der Waals surface area contributed by atoms with Crippen LogP contribution in [-0.4, -0.2) is 34.0 Å². The van der Waals surface area contributed by atoms with Gasteiger partial charge in [-0.25, -0.2) is 0 Å². The molecule has 0 aromatic rings. The molecule has 0 amide bonds. The lowest BCUT2D eigenvalue weighted by Gasteiger charge is -2.59. The fraction of sp³-hybridized carbons (Fsp3) is 0.810. The largest absolute Gasteiger partial charge is 0.393 e. The molecule has 4 heteroatoms. The van der Waals surface area contributed by atoms with Crippen LogP contribution >= 0.6 is 0 Å². The van der Waals surface area contributed by atoms with Gasteiger partial charge in [0.1, 0.15) is 5.78 Å². The Kier molecular flexibility index (Phi) is 3.83. The Morgan fingerprint density at radius 2 is 1.92 bits per heavy atom. The third kappa shape index (κ3) is 2.26. The Balaban J connectivity index is 1.74. The Hall–Kier alpha value is -1.00. The van der Waals surface area contributed by atoms with E-state index in [0.29, 0.717) is 25.2 Å². The first-order chi connectivity index (χ1) is 11.7. The molecule has 0 radical (unpaired) electrons. The molecule has 0 heterocycles. The topological polar surface area (TPSA) is 74.6 Å². The molecule has 8 atom stereocenters. The molecule has 0 aromatic carbocycles. The summed E-state index contributed by atoms with van der Waals surface area (Å²) in [5, 5.41) is 21.8. The summed E-state index contributed by atoms with van der Waals surface area (Å²) in [6, 6.07) is 0. The molecule has 0 bridgehead atoms. The van der Waals surface area contributed by atoms with Crippen LogP contribution in [-0.2, 0) is 9.59 Å². The van der Waals surface area contributed by atoms with Gasteiger partial charge in [-0.3, -0.25) is 9.59 Å². The van der Waals surface area contributed by atoms with Gasteiger partial charge in [-0.1, -0.05) is 19.4 Å². The van der Waals surface area contributed by atoms with E-state index in [9.17, 15) is 19.8 Å². The zero-order valence-electron chi connectivity index (χ0n) is 15.5. The molecule has 138 valence electrons. The van der Waals surface area contributed by atoms with Gasteiger partial charge in [0.2, 0.25) is 0 Å². The summed E-state index contributed by atoms with van der Waals surface area (Å²) in [4.78, 5) is 24.1. The monoisotopic (exact) mass is 346 g/mol. The number of aliphatic hydroxyl groups is 2. The van der Waals surface area contributed by atoms with Crippen molar-refractivity contribution >= 4 is 11.6 Å². The molecule has 2 N–H and O–H groups in total. The van der Waals surface area contributed by atoms with Crippen molar-refractivity contribution in [2.45, 2.75) is 71.5 Å². The first-order valence-corrected chi connectivity index (χ1v) is 9.79. The number of hydrogen-bond donors (Lipinski definition) is 2. The van der Waals surface area contributed by atoms with Gasteiger partial charge in [-0.2, -0.15) is 0 Å². The Bertz CT molecular complexity index is 652. The second kappa shape index (κ2) is 5.50. The summed E-state index contributed by atoms with van der Waals surface area (Å²) in [7, 11) is 0. The SMILES string of the molecule is CC(=O)[C@H]1C(O)C[C@H]2[C@@H]3CCC4=CC(=O)CC[C@]4(C)[C@H]3C(O)C[C@]12C. The molecular weight excluding hydrogens is 316 g/mol. The van der Waals surface area contributed by atoms with Crippen molar-refractivity contribution in [1.82, 2.24) is 0 Å². The van der Waals surface area contributed by atoms with Gasteiger partial charge >= 0.3 is 0 Å². The minimum absolute atomic E-state index is 0.0500. The van der Waals surface area contributed by atoms with Crippen LogP contribution in [0.15, 0.2) is 11.6 Å². The van der Waals surface area contributed by atoms with Crippen molar-refractivity contribution < 1.29 is 19.8 Å². The summed E-state index contributed by atoms with van der Waals surface area (Å²) >= 11 is 0. The third-order valence-electron chi connectivity index (χ3n) is 8.36. The molecule has 2 unspecified atom stereocenters. The van der Waals surface area contributed by atoms with Crippen LogP contribution in [0, 0.1) is 34.5 Å². The van der Waals surface area contributed by atoms with Crippen molar-refractivity contribution in [1.29, 1.82) is 0 Å². The van der Waals surface area contributed by atoms with Crippen LogP contribution in [0.5, 0.6) is 0 Å². The van der Waals surface area contributed by atoms with E-state index in [1.165, 1.54) is 5.57 Å². The number of aliphatic hydroxyl groups excluding tert-OH is 2. The molecule has 4 rings (SSSR count). The molecule has 0 aliphatic heterocycles. The van der Waals surface area contributed by atoms with Crippen molar-refractivity contribution in [3.05, 3.63) is 11.6 Å². The van der Waals surface area contributed by atoms with E-state index in [2.05, 4.69) is 13.8 Å². The molecule has 0 aromatic heterocycles.